The highest BCUT2D eigenvalue weighted by atomic mass is 32.1. The maximum Gasteiger partial charge on any atom is 0.173 e. The molecule has 122 valence electrons. The standard InChI is InChI=1S/C18H22N2O2S/c1-2-22-17-11-7-6-10-16(17)19-18(23)20(12-13-21)14-15-8-4-3-5-9-15/h3-11,21H,2,12-14H2,1H3,(H,19,23). The number of aliphatic hydroxyl groups is 1. The summed E-state index contributed by atoms with van der Waals surface area (Å²) in [5, 5.41) is 13.1. The minimum atomic E-state index is 0.0434. The molecule has 2 rings (SSSR count). The Labute approximate surface area is 142 Å². The summed E-state index contributed by atoms with van der Waals surface area (Å²) in [7, 11) is 0. The molecule has 0 amide bonds. The number of nitrogens with zero attached hydrogens (tertiary/aromatic N) is 1. The van der Waals surface area contributed by atoms with Crippen molar-refractivity contribution in [2.45, 2.75) is 13.5 Å². The summed E-state index contributed by atoms with van der Waals surface area (Å²) < 4.78 is 5.61. The molecule has 2 aromatic rings. The Morgan fingerprint density at radius 2 is 1.83 bits per heavy atom. The number of ether oxygens (including phenoxy) is 1. The van der Waals surface area contributed by atoms with E-state index in [1.54, 1.807) is 0 Å². The van der Waals surface area contributed by atoms with Crippen molar-refractivity contribution in [3.8, 4) is 5.75 Å². The van der Waals surface area contributed by atoms with Crippen LogP contribution in [0.4, 0.5) is 5.69 Å². The minimum Gasteiger partial charge on any atom is -0.492 e. The molecule has 4 nitrogen and oxygen atoms in total. The molecule has 0 heterocycles. The Kier molecular flexibility index (Phi) is 6.84. The Hall–Kier alpha value is -2.11. The normalized spacial score (nSPS) is 10.2. The summed E-state index contributed by atoms with van der Waals surface area (Å²) in [6, 6.07) is 17.7. The van der Waals surface area contributed by atoms with Gasteiger partial charge in [-0.05, 0) is 36.8 Å². The van der Waals surface area contributed by atoms with Crippen LogP contribution < -0.4 is 10.1 Å². The zero-order chi connectivity index (χ0) is 16.5. The van der Waals surface area contributed by atoms with Gasteiger partial charge in [0.1, 0.15) is 5.75 Å². The van der Waals surface area contributed by atoms with Crippen LogP contribution in [0.3, 0.4) is 0 Å². The lowest BCUT2D eigenvalue weighted by Gasteiger charge is -2.26. The Balaban J connectivity index is 2.09. The van der Waals surface area contributed by atoms with E-state index in [1.807, 2.05) is 66.4 Å². The van der Waals surface area contributed by atoms with Crippen LogP contribution in [0.25, 0.3) is 0 Å². The molecule has 0 radical (unpaired) electrons. The van der Waals surface area contributed by atoms with Crippen molar-refractivity contribution in [2.24, 2.45) is 0 Å². The summed E-state index contributed by atoms with van der Waals surface area (Å²) >= 11 is 5.51. The van der Waals surface area contributed by atoms with Gasteiger partial charge < -0.3 is 20.1 Å². The van der Waals surface area contributed by atoms with Crippen molar-refractivity contribution in [1.29, 1.82) is 0 Å². The van der Waals surface area contributed by atoms with Gasteiger partial charge in [-0.1, -0.05) is 42.5 Å². The number of thiocarbonyl (C=S) groups is 1. The summed E-state index contributed by atoms with van der Waals surface area (Å²) in [6.45, 7) is 3.70. The third kappa shape index (κ3) is 5.23. The first kappa shape index (κ1) is 17.2. The van der Waals surface area contributed by atoms with Gasteiger partial charge >= 0.3 is 0 Å². The Bertz CT molecular complexity index is 619. The summed E-state index contributed by atoms with van der Waals surface area (Å²) in [4.78, 5) is 1.94. The zero-order valence-corrected chi connectivity index (χ0v) is 14.1. The molecule has 0 saturated heterocycles. The van der Waals surface area contributed by atoms with Crippen molar-refractivity contribution in [2.75, 3.05) is 25.1 Å². The number of hydrogen-bond donors (Lipinski definition) is 2. The van der Waals surface area contributed by atoms with E-state index in [1.165, 1.54) is 0 Å². The molecular formula is C18H22N2O2S. The van der Waals surface area contributed by atoms with E-state index in [4.69, 9.17) is 17.0 Å². The fraction of sp³-hybridized carbons (Fsp3) is 0.278. The fourth-order valence-electron chi connectivity index (χ4n) is 2.22. The van der Waals surface area contributed by atoms with Crippen LogP contribution in [0.15, 0.2) is 54.6 Å². The first-order chi connectivity index (χ1) is 11.2. The van der Waals surface area contributed by atoms with E-state index in [-0.39, 0.29) is 6.61 Å². The molecule has 0 aliphatic heterocycles. The third-order valence-corrected chi connectivity index (χ3v) is 3.66. The number of para-hydroxylation sites is 2. The topological polar surface area (TPSA) is 44.7 Å². The fourth-order valence-corrected chi connectivity index (χ4v) is 2.49. The molecule has 0 aliphatic rings. The van der Waals surface area contributed by atoms with E-state index in [2.05, 4.69) is 5.32 Å². The molecular weight excluding hydrogens is 308 g/mol. The monoisotopic (exact) mass is 330 g/mol. The second-order valence-electron chi connectivity index (χ2n) is 4.99. The average Bonchev–Trinajstić information content (AvgIpc) is 2.57. The molecule has 0 bridgehead atoms. The van der Waals surface area contributed by atoms with Crippen LogP contribution in [0.5, 0.6) is 5.75 Å². The molecule has 0 unspecified atom stereocenters. The van der Waals surface area contributed by atoms with Crippen molar-refractivity contribution in [1.82, 2.24) is 4.90 Å². The van der Waals surface area contributed by atoms with Crippen molar-refractivity contribution in [3.63, 3.8) is 0 Å². The van der Waals surface area contributed by atoms with Crippen LogP contribution in [0, 0.1) is 0 Å². The molecule has 5 heteroatoms. The van der Waals surface area contributed by atoms with E-state index in [0.717, 1.165) is 17.0 Å². The predicted octanol–water partition coefficient (Wildman–Crippen LogP) is 3.28. The second-order valence-corrected chi connectivity index (χ2v) is 5.38. The lowest BCUT2D eigenvalue weighted by molar-refractivity contribution is 0.248. The number of rotatable bonds is 7. The molecule has 0 atom stereocenters. The van der Waals surface area contributed by atoms with Gasteiger partial charge in [-0.3, -0.25) is 0 Å². The van der Waals surface area contributed by atoms with Crippen LogP contribution in [0.1, 0.15) is 12.5 Å². The molecule has 2 aromatic carbocycles. The van der Waals surface area contributed by atoms with Gasteiger partial charge in [0.25, 0.3) is 0 Å². The van der Waals surface area contributed by atoms with Crippen LogP contribution in [0.2, 0.25) is 0 Å². The van der Waals surface area contributed by atoms with Gasteiger partial charge in [-0.25, -0.2) is 0 Å². The number of aliphatic hydroxyl groups excluding tert-OH is 1. The Morgan fingerprint density at radius 3 is 2.52 bits per heavy atom. The number of nitrogens with one attached hydrogen (secondary N) is 1. The molecule has 2 N–H and O–H groups in total. The smallest absolute Gasteiger partial charge is 0.173 e. The maximum absolute atomic E-state index is 9.31. The van der Waals surface area contributed by atoms with E-state index >= 15 is 0 Å². The zero-order valence-electron chi connectivity index (χ0n) is 13.2. The number of hydrogen-bond acceptors (Lipinski definition) is 3. The van der Waals surface area contributed by atoms with Crippen molar-refractivity contribution in [3.05, 3.63) is 60.2 Å². The van der Waals surface area contributed by atoms with Crippen LogP contribution >= 0.6 is 12.2 Å². The Morgan fingerprint density at radius 1 is 1.13 bits per heavy atom. The highest BCUT2D eigenvalue weighted by molar-refractivity contribution is 7.80. The van der Waals surface area contributed by atoms with Gasteiger partial charge in [-0.15, -0.1) is 0 Å². The highest BCUT2D eigenvalue weighted by Crippen LogP contribution is 2.24. The first-order valence-electron chi connectivity index (χ1n) is 7.67. The predicted molar refractivity (Wildman–Crippen MR) is 97.8 cm³/mol. The lowest BCUT2D eigenvalue weighted by atomic mass is 10.2. The van der Waals surface area contributed by atoms with Gasteiger partial charge in [-0.2, -0.15) is 0 Å². The molecule has 0 fully saturated rings. The largest absolute Gasteiger partial charge is 0.492 e. The quantitative estimate of drug-likeness (QED) is 0.763. The van der Waals surface area contributed by atoms with E-state index < -0.39 is 0 Å². The second kappa shape index (κ2) is 9.12. The van der Waals surface area contributed by atoms with E-state index in [9.17, 15) is 5.11 Å². The van der Waals surface area contributed by atoms with Crippen molar-refractivity contribution >= 4 is 23.0 Å². The number of anilines is 1. The van der Waals surface area contributed by atoms with Crippen molar-refractivity contribution < 1.29 is 9.84 Å². The maximum atomic E-state index is 9.31. The minimum absolute atomic E-state index is 0.0434. The highest BCUT2D eigenvalue weighted by Gasteiger charge is 2.12. The molecule has 0 spiro atoms. The van der Waals surface area contributed by atoms with Crippen LogP contribution in [-0.4, -0.2) is 34.9 Å². The first-order valence-corrected chi connectivity index (χ1v) is 8.08. The molecule has 0 aromatic heterocycles. The summed E-state index contributed by atoms with van der Waals surface area (Å²) in [6.07, 6.45) is 0. The average molecular weight is 330 g/mol. The third-order valence-electron chi connectivity index (χ3n) is 3.30. The summed E-state index contributed by atoms with van der Waals surface area (Å²) in [5.74, 6) is 0.765. The summed E-state index contributed by atoms with van der Waals surface area (Å²) in [5.41, 5.74) is 1.97. The molecule has 23 heavy (non-hydrogen) atoms. The van der Waals surface area contributed by atoms with Gasteiger partial charge in [0.2, 0.25) is 0 Å². The van der Waals surface area contributed by atoms with Gasteiger partial charge in [0.15, 0.2) is 5.11 Å². The van der Waals surface area contributed by atoms with Crippen LogP contribution in [-0.2, 0) is 6.54 Å². The molecule has 0 saturated carbocycles. The van der Waals surface area contributed by atoms with E-state index in [0.29, 0.717) is 24.8 Å². The SMILES string of the molecule is CCOc1ccccc1NC(=S)N(CCO)Cc1ccccc1. The molecule has 0 aliphatic carbocycles. The lowest BCUT2D eigenvalue weighted by Crippen LogP contribution is -2.36. The van der Waals surface area contributed by atoms with Gasteiger partial charge in [0.05, 0.1) is 18.9 Å². The van der Waals surface area contributed by atoms with Gasteiger partial charge in [0, 0.05) is 13.1 Å². The number of benzene rings is 2.